The Kier molecular flexibility index (Phi) is 3.88. The summed E-state index contributed by atoms with van der Waals surface area (Å²) in [5, 5.41) is 5.36. The number of H-pyrrole nitrogens is 1. The van der Waals surface area contributed by atoms with Gasteiger partial charge in [0.25, 0.3) is 5.91 Å². The number of amides is 1. The van der Waals surface area contributed by atoms with Crippen LogP contribution >= 0.6 is 11.3 Å². The van der Waals surface area contributed by atoms with Crippen LogP contribution in [0.3, 0.4) is 0 Å². The van der Waals surface area contributed by atoms with Gasteiger partial charge in [0.1, 0.15) is 11.1 Å². The molecule has 1 amide bonds. The molecule has 0 spiro atoms. The summed E-state index contributed by atoms with van der Waals surface area (Å²) >= 11 is 1.21. The summed E-state index contributed by atoms with van der Waals surface area (Å²) < 4.78 is 10.3. The SMILES string of the molecule is O=C(Nc1nc(-c2ccc3[nH]c(=O)oc3c2)cs1)c1cc2ccccc2oc1=O. The standard InChI is InChI=1S/C20H11N3O5S/c24-17(12-7-11-3-1-2-4-15(11)27-18(12)25)23-19-21-14(9-29-19)10-5-6-13-16(8-10)28-20(26)22-13/h1-9H,(H,22,26)(H,21,23,24). The van der Waals surface area contributed by atoms with Crippen molar-refractivity contribution in [3.05, 3.63) is 80.4 Å². The fourth-order valence-electron chi connectivity index (χ4n) is 2.95. The summed E-state index contributed by atoms with van der Waals surface area (Å²) in [6.45, 7) is 0. The van der Waals surface area contributed by atoms with Crippen LogP contribution < -0.4 is 16.7 Å². The molecule has 9 heteroatoms. The third kappa shape index (κ3) is 3.13. The second-order valence-electron chi connectivity index (χ2n) is 6.20. The molecule has 142 valence electrons. The van der Waals surface area contributed by atoms with Crippen LogP contribution in [0.2, 0.25) is 0 Å². The number of nitrogens with one attached hydrogen (secondary N) is 2. The van der Waals surface area contributed by atoms with Gasteiger partial charge in [-0.25, -0.2) is 14.6 Å². The second-order valence-corrected chi connectivity index (χ2v) is 7.06. The smallest absolute Gasteiger partial charge is 0.417 e. The molecule has 3 aromatic heterocycles. The highest BCUT2D eigenvalue weighted by atomic mass is 32.1. The number of benzene rings is 2. The molecule has 2 N–H and O–H groups in total. The quantitative estimate of drug-likeness (QED) is 0.443. The number of aromatic nitrogens is 2. The molecule has 0 atom stereocenters. The number of thiazole rings is 1. The van der Waals surface area contributed by atoms with E-state index in [1.807, 2.05) is 0 Å². The Morgan fingerprint density at radius 3 is 2.79 bits per heavy atom. The zero-order valence-electron chi connectivity index (χ0n) is 14.6. The first-order valence-corrected chi connectivity index (χ1v) is 9.38. The van der Waals surface area contributed by atoms with Gasteiger partial charge in [-0.3, -0.25) is 15.1 Å². The van der Waals surface area contributed by atoms with E-state index in [4.69, 9.17) is 8.83 Å². The van der Waals surface area contributed by atoms with Crippen LogP contribution in [0.5, 0.6) is 0 Å². The highest BCUT2D eigenvalue weighted by molar-refractivity contribution is 7.14. The molecule has 0 fully saturated rings. The molecule has 0 radical (unpaired) electrons. The fourth-order valence-corrected chi connectivity index (χ4v) is 3.67. The van der Waals surface area contributed by atoms with E-state index in [0.29, 0.717) is 32.9 Å². The second kappa shape index (κ2) is 6.57. The number of oxazole rings is 1. The van der Waals surface area contributed by atoms with Crippen molar-refractivity contribution in [3.63, 3.8) is 0 Å². The van der Waals surface area contributed by atoms with E-state index in [-0.39, 0.29) is 5.56 Å². The van der Waals surface area contributed by atoms with Crippen molar-refractivity contribution < 1.29 is 13.6 Å². The van der Waals surface area contributed by atoms with Gasteiger partial charge < -0.3 is 8.83 Å². The lowest BCUT2D eigenvalue weighted by atomic mass is 10.1. The number of hydrogen-bond acceptors (Lipinski definition) is 7. The van der Waals surface area contributed by atoms with Crippen LogP contribution in [0.15, 0.2) is 72.3 Å². The molecule has 8 nitrogen and oxygen atoms in total. The van der Waals surface area contributed by atoms with Crippen molar-refractivity contribution in [1.82, 2.24) is 9.97 Å². The molecule has 5 rings (SSSR count). The molecule has 0 aliphatic rings. The van der Waals surface area contributed by atoms with Gasteiger partial charge in [-0.15, -0.1) is 11.3 Å². The molecule has 0 saturated heterocycles. The van der Waals surface area contributed by atoms with Crippen LogP contribution in [0.1, 0.15) is 10.4 Å². The summed E-state index contributed by atoms with van der Waals surface area (Å²) in [6.07, 6.45) is 0. The van der Waals surface area contributed by atoms with Crippen molar-refractivity contribution >= 4 is 44.4 Å². The number of para-hydroxylation sites is 1. The van der Waals surface area contributed by atoms with E-state index in [0.717, 1.165) is 5.56 Å². The lowest BCUT2D eigenvalue weighted by molar-refractivity contribution is 0.102. The number of carbonyl (C=O) groups is 1. The average Bonchev–Trinajstić information content (AvgIpc) is 3.32. The van der Waals surface area contributed by atoms with Gasteiger partial charge in [0, 0.05) is 16.3 Å². The molecule has 3 heterocycles. The number of carbonyl (C=O) groups excluding carboxylic acids is 1. The average molecular weight is 405 g/mol. The zero-order valence-corrected chi connectivity index (χ0v) is 15.4. The molecule has 0 aliphatic carbocycles. The number of anilines is 1. The summed E-state index contributed by atoms with van der Waals surface area (Å²) in [5.74, 6) is -1.13. The monoisotopic (exact) mass is 405 g/mol. The minimum absolute atomic E-state index is 0.101. The lowest BCUT2D eigenvalue weighted by Gasteiger charge is -2.02. The van der Waals surface area contributed by atoms with Gasteiger partial charge in [-0.2, -0.15) is 0 Å². The third-order valence-electron chi connectivity index (χ3n) is 4.33. The maximum Gasteiger partial charge on any atom is 0.417 e. The molecule has 0 bridgehead atoms. The molecule has 2 aromatic carbocycles. The van der Waals surface area contributed by atoms with Crippen LogP contribution in [0, 0.1) is 0 Å². The Morgan fingerprint density at radius 1 is 1.03 bits per heavy atom. The summed E-state index contributed by atoms with van der Waals surface area (Å²) in [5.41, 5.74) is 1.92. The topological polar surface area (TPSA) is 118 Å². The Morgan fingerprint density at radius 2 is 1.90 bits per heavy atom. The van der Waals surface area contributed by atoms with E-state index in [1.165, 1.54) is 17.4 Å². The summed E-state index contributed by atoms with van der Waals surface area (Å²) in [6, 6.07) is 13.6. The van der Waals surface area contributed by atoms with Gasteiger partial charge in [0.15, 0.2) is 10.7 Å². The largest absolute Gasteiger partial charge is 0.422 e. The predicted molar refractivity (Wildman–Crippen MR) is 108 cm³/mol. The first kappa shape index (κ1) is 17.1. The van der Waals surface area contributed by atoms with Crippen molar-refractivity contribution in [2.45, 2.75) is 0 Å². The van der Waals surface area contributed by atoms with Crippen molar-refractivity contribution in [2.75, 3.05) is 5.32 Å². The van der Waals surface area contributed by atoms with Crippen LogP contribution in [-0.2, 0) is 0 Å². The van der Waals surface area contributed by atoms with Gasteiger partial charge in [0.05, 0.1) is 11.2 Å². The van der Waals surface area contributed by atoms with Crippen molar-refractivity contribution in [3.8, 4) is 11.3 Å². The molecular weight excluding hydrogens is 394 g/mol. The minimum Gasteiger partial charge on any atom is -0.422 e. The van der Waals surface area contributed by atoms with Gasteiger partial charge >= 0.3 is 11.4 Å². The molecule has 0 aliphatic heterocycles. The Hall–Kier alpha value is -3.98. The number of rotatable bonds is 3. The van der Waals surface area contributed by atoms with Gasteiger partial charge in [-0.05, 0) is 24.3 Å². The number of aromatic amines is 1. The van der Waals surface area contributed by atoms with E-state index in [9.17, 15) is 14.4 Å². The zero-order chi connectivity index (χ0) is 20.0. The van der Waals surface area contributed by atoms with Gasteiger partial charge in [-0.1, -0.05) is 24.3 Å². The van der Waals surface area contributed by atoms with E-state index < -0.39 is 17.3 Å². The fraction of sp³-hybridized carbons (Fsp3) is 0. The van der Waals surface area contributed by atoms with Crippen molar-refractivity contribution in [1.29, 1.82) is 0 Å². The normalized spacial score (nSPS) is 11.2. The van der Waals surface area contributed by atoms with E-state index in [2.05, 4.69) is 15.3 Å². The molecule has 5 aromatic rings. The minimum atomic E-state index is -0.717. The van der Waals surface area contributed by atoms with Crippen molar-refractivity contribution in [2.24, 2.45) is 0 Å². The number of fused-ring (bicyclic) bond motifs is 2. The Bertz CT molecular complexity index is 1510. The predicted octanol–water partition coefficient (Wildman–Crippen LogP) is 3.60. The molecular formula is C20H11N3O5S. The van der Waals surface area contributed by atoms with Crippen LogP contribution in [0.25, 0.3) is 33.3 Å². The van der Waals surface area contributed by atoms with Crippen LogP contribution in [-0.4, -0.2) is 15.9 Å². The first-order valence-electron chi connectivity index (χ1n) is 8.50. The van der Waals surface area contributed by atoms with Gasteiger partial charge in [0.2, 0.25) is 0 Å². The number of nitrogens with zero attached hydrogens (tertiary/aromatic N) is 1. The lowest BCUT2D eigenvalue weighted by Crippen LogP contribution is -2.20. The van der Waals surface area contributed by atoms with E-state index in [1.54, 1.807) is 47.8 Å². The Labute approximate surface area is 165 Å². The highest BCUT2D eigenvalue weighted by Crippen LogP contribution is 2.27. The maximum atomic E-state index is 12.5. The molecule has 0 saturated carbocycles. The summed E-state index contributed by atoms with van der Waals surface area (Å²) in [7, 11) is 0. The van der Waals surface area contributed by atoms with Crippen LogP contribution in [0.4, 0.5) is 5.13 Å². The first-order chi connectivity index (χ1) is 14.1. The van der Waals surface area contributed by atoms with E-state index >= 15 is 0 Å². The maximum absolute atomic E-state index is 12.5. The molecule has 0 unspecified atom stereocenters. The third-order valence-corrected chi connectivity index (χ3v) is 5.09. The number of hydrogen-bond donors (Lipinski definition) is 2. The molecule has 29 heavy (non-hydrogen) atoms. The highest BCUT2D eigenvalue weighted by Gasteiger charge is 2.16. The summed E-state index contributed by atoms with van der Waals surface area (Å²) in [4.78, 5) is 42.9. The Balaban J connectivity index is 1.43.